The van der Waals surface area contributed by atoms with E-state index in [4.69, 9.17) is 15.5 Å². The van der Waals surface area contributed by atoms with E-state index in [0.717, 1.165) is 18.4 Å². The van der Waals surface area contributed by atoms with E-state index in [-0.39, 0.29) is 34.0 Å². The summed E-state index contributed by atoms with van der Waals surface area (Å²) >= 11 is 0. The molecule has 1 saturated heterocycles. The van der Waals surface area contributed by atoms with Gasteiger partial charge in [0.2, 0.25) is 5.88 Å². The van der Waals surface area contributed by atoms with Gasteiger partial charge in [-0.05, 0) is 62.4 Å². The predicted molar refractivity (Wildman–Crippen MR) is 146 cm³/mol. The molecule has 4 heterocycles. The van der Waals surface area contributed by atoms with Gasteiger partial charge in [0.05, 0.1) is 17.4 Å². The van der Waals surface area contributed by atoms with Gasteiger partial charge < -0.3 is 15.4 Å². The smallest absolute Gasteiger partial charge is 0.281 e. The standard InChI is InChI=1S/C27H34N6O4S/c1-17(2)37-23-14-11-18(16-29-23)20-13-12-19(25(30-20)33-15-7-8-21(33)27(3,4)5)26(34)32-38(35,36)24-10-6-9-22(28)31-24/h6,9-14,16-17,21H,7-8,15H2,1-5H3,(H2,28,31)(H,32,34). The lowest BCUT2D eigenvalue weighted by molar-refractivity contribution is 0.0981. The van der Waals surface area contributed by atoms with Crippen molar-refractivity contribution >= 4 is 27.6 Å². The first kappa shape index (κ1) is 27.3. The molecule has 1 fully saturated rings. The minimum atomic E-state index is -4.25. The molecule has 1 unspecified atom stereocenters. The van der Waals surface area contributed by atoms with Crippen molar-refractivity contribution in [3.05, 3.63) is 54.2 Å². The second kappa shape index (κ2) is 10.6. The van der Waals surface area contributed by atoms with Crippen molar-refractivity contribution in [2.45, 2.75) is 64.6 Å². The molecule has 0 aliphatic carbocycles. The molecule has 3 aromatic heterocycles. The number of sulfonamides is 1. The number of anilines is 2. The molecule has 3 aromatic rings. The number of rotatable bonds is 7. The fourth-order valence-corrected chi connectivity index (χ4v) is 5.52. The fraction of sp³-hybridized carbons (Fsp3) is 0.407. The number of aromatic nitrogens is 3. The minimum absolute atomic E-state index is 0.000762. The number of carbonyl (C=O) groups excluding carboxylic acids is 1. The molecule has 3 N–H and O–H groups in total. The molecular weight excluding hydrogens is 504 g/mol. The lowest BCUT2D eigenvalue weighted by Crippen LogP contribution is -2.41. The monoisotopic (exact) mass is 538 g/mol. The quantitative estimate of drug-likeness (QED) is 0.456. The lowest BCUT2D eigenvalue weighted by atomic mass is 9.85. The van der Waals surface area contributed by atoms with Gasteiger partial charge in [-0.1, -0.05) is 26.8 Å². The van der Waals surface area contributed by atoms with Crippen LogP contribution in [0.3, 0.4) is 0 Å². The van der Waals surface area contributed by atoms with Crippen LogP contribution in [0.5, 0.6) is 5.88 Å². The molecule has 0 spiro atoms. The van der Waals surface area contributed by atoms with Crippen LogP contribution in [0.2, 0.25) is 0 Å². The number of carbonyl (C=O) groups is 1. The van der Waals surface area contributed by atoms with Crippen LogP contribution in [0.1, 0.15) is 57.8 Å². The highest BCUT2D eigenvalue weighted by molar-refractivity contribution is 7.90. The molecule has 1 aliphatic rings. The average Bonchev–Trinajstić information content (AvgIpc) is 3.34. The molecule has 202 valence electrons. The average molecular weight is 539 g/mol. The summed E-state index contributed by atoms with van der Waals surface area (Å²) in [5.74, 6) is 0.181. The maximum Gasteiger partial charge on any atom is 0.281 e. The Balaban J connectivity index is 1.74. The fourth-order valence-electron chi connectivity index (χ4n) is 4.58. The van der Waals surface area contributed by atoms with Gasteiger partial charge in [-0.3, -0.25) is 4.79 Å². The largest absolute Gasteiger partial charge is 0.475 e. The number of nitrogens with two attached hydrogens (primary N) is 1. The van der Waals surface area contributed by atoms with Crippen molar-refractivity contribution in [1.82, 2.24) is 19.7 Å². The van der Waals surface area contributed by atoms with Crippen LogP contribution in [-0.2, 0) is 10.0 Å². The SMILES string of the molecule is CC(C)Oc1ccc(-c2ccc(C(=O)NS(=O)(=O)c3cccc(N)n3)c(N3CCCC3C(C)(C)C)n2)cn1. The van der Waals surface area contributed by atoms with Crippen LogP contribution >= 0.6 is 0 Å². The zero-order valence-corrected chi connectivity index (χ0v) is 23.1. The second-order valence-corrected chi connectivity index (χ2v) is 12.3. The molecule has 1 aliphatic heterocycles. The maximum absolute atomic E-state index is 13.4. The van der Waals surface area contributed by atoms with Crippen molar-refractivity contribution < 1.29 is 17.9 Å². The second-order valence-electron chi connectivity index (χ2n) is 10.7. The molecule has 1 atom stereocenters. The van der Waals surface area contributed by atoms with Crippen molar-refractivity contribution in [2.75, 3.05) is 17.2 Å². The van der Waals surface area contributed by atoms with Crippen molar-refractivity contribution in [2.24, 2.45) is 5.41 Å². The number of hydrogen-bond acceptors (Lipinski definition) is 9. The van der Waals surface area contributed by atoms with Crippen molar-refractivity contribution in [3.8, 4) is 17.1 Å². The maximum atomic E-state index is 13.4. The molecule has 1 amide bonds. The van der Waals surface area contributed by atoms with E-state index in [9.17, 15) is 13.2 Å². The topological polar surface area (TPSA) is 140 Å². The van der Waals surface area contributed by atoms with E-state index in [1.807, 2.05) is 19.9 Å². The van der Waals surface area contributed by atoms with E-state index in [2.05, 4.69) is 40.4 Å². The summed E-state index contributed by atoms with van der Waals surface area (Å²) in [5, 5.41) is -0.333. The summed E-state index contributed by atoms with van der Waals surface area (Å²) in [6, 6.07) is 11.3. The summed E-state index contributed by atoms with van der Waals surface area (Å²) in [6.45, 7) is 11.0. The lowest BCUT2D eigenvalue weighted by Gasteiger charge is -2.36. The van der Waals surface area contributed by atoms with E-state index < -0.39 is 15.9 Å². The Kier molecular flexibility index (Phi) is 7.59. The highest BCUT2D eigenvalue weighted by Crippen LogP contribution is 2.37. The summed E-state index contributed by atoms with van der Waals surface area (Å²) in [7, 11) is -4.25. The number of nitrogen functional groups attached to an aromatic ring is 1. The Morgan fingerprint density at radius 2 is 1.89 bits per heavy atom. The van der Waals surface area contributed by atoms with Gasteiger partial charge >= 0.3 is 0 Å². The third-order valence-electron chi connectivity index (χ3n) is 6.28. The van der Waals surface area contributed by atoms with Gasteiger partial charge in [0, 0.05) is 30.4 Å². The highest BCUT2D eigenvalue weighted by Gasteiger charge is 2.37. The highest BCUT2D eigenvalue weighted by atomic mass is 32.2. The van der Waals surface area contributed by atoms with Crippen molar-refractivity contribution in [3.63, 3.8) is 0 Å². The number of ether oxygens (including phenoxy) is 1. The Morgan fingerprint density at radius 1 is 1.13 bits per heavy atom. The summed E-state index contributed by atoms with van der Waals surface area (Å²) in [5.41, 5.74) is 7.08. The normalized spacial score (nSPS) is 16.1. The molecule has 0 aromatic carbocycles. The van der Waals surface area contributed by atoms with Crippen LogP contribution in [0, 0.1) is 5.41 Å². The van der Waals surface area contributed by atoms with Crippen LogP contribution < -0.4 is 20.1 Å². The predicted octanol–water partition coefficient (Wildman–Crippen LogP) is 4.04. The third kappa shape index (κ3) is 6.04. The van der Waals surface area contributed by atoms with Crippen LogP contribution in [0.15, 0.2) is 53.7 Å². The zero-order chi connectivity index (χ0) is 27.7. The van der Waals surface area contributed by atoms with E-state index in [0.29, 0.717) is 23.9 Å². The van der Waals surface area contributed by atoms with Gasteiger partial charge in [0.15, 0.2) is 5.03 Å². The Morgan fingerprint density at radius 3 is 2.53 bits per heavy atom. The number of nitrogens with zero attached hydrogens (tertiary/aromatic N) is 4. The van der Waals surface area contributed by atoms with Gasteiger partial charge in [-0.15, -0.1) is 0 Å². The molecule has 11 heteroatoms. The molecule has 0 radical (unpaired) electrons. The van der Waals surface area contributed by atoms with Crippen molar-refractivity contribution in [1.29, 1.82) is 0 Å². The first-order chi connectivity index (χ1) is 17.8. The van der Waals surface area contributed by atoms with Crippen LogP contribution in [-0.4, -0.2) is 48.0 Å². The van der Waals surface area contributed by atoms with Gasteiger partial charge in [0.1, 0.15) is 11.6 Å². The number of hydrogen-bond donors (Lipinski definition) is 2. The Labute approximate surface area is 223 Å². The first-order valence-corrected chi connectivity index (χ1v) is 14.0. The van der Waals surface area contributed by atoms with Gasteiger partial charge in [-0.25, -0.2) is 19.7 Å². The number of amides is 1. The van der Waals surface area contributed by atoms with E-state index >= 15 is 0 Å². The molecule has 38 heavy (non-hydrogen) atoms. The van der Waals surface area contributed by atoms with Crippen LogP contribution in [0.4, 0.5) is 11.6 Å². The first-order valence-electron chi connectivity index (χ1n) is 12.6. The molecule has 4 rings (SSSR count). The Bertz CT molecular complexity index is 1420. The third-order valence-corrected chi connectivity index (χ3v) is 7.51. The summed E-state index contributed by atoms with van der Waals surface area (Å²) < 4.78 is 33.6. The summed E-state index contributed by atoms with van der Waals surface area (Å²) in [6.07, 6.45) is 3.54. The van der Waals surface area contributed by atoms with Crippen LogP contribution in [0.25, 0.3) is 11.3 Å². The van der Waals surface area contributed by atoms with E-state index in [1.165, 1.54) is 18.2 Å². The minimum Gasteiger partial charge on any atom is -0.475 e. The van der Waals surface area contributed by atoms with Gasteiger partial charge in [0.25, 0.3) is 15.9 Å². The zero-order valence-electron chi connectivity index (χ0n) is 22.3. The summed E-state index contributed by atoms with van der Waals surface area (Å²) in [4.78, 5) is 28.6. The Hall–Kier alpha value is -3.73. The molecule has 0 saturated carbocycles. The number of pyridine rings is 3. The molecule has 10 nitrogen and oxygen atoms in total. The molecular formula is C27H34N6O4S. The molecule has 0 bridgehead atoms. The van der Waals surface area contributed by atoms with Gasteiger partial charge in [-0.2, -0.15) is 8.42 Å². The number of nitrogens with one attached hydrogen (secondary N) is 1. The van der Waals surface area contributed by atoms with E-state index in [1.54, 1.807) is 24.4 Å².